The quantitative estimate of drug-likeness (QED) is 0.517. The minimum absolute atomic E-state index is 0.300. The Morgan fingerprint density at radius 1 is 1.00 bits per heavy atom. The molecule has 0 fully saturated rings. The maximum atomic E-state index is 10.1. The number of hydrogen-bond acceptors (Lipinski definition) is 2. The molecule has 106 valence electrons. The van der Waals surface area contributed by atoms with Crippen molar-refractivity contribution in [1.82, 2.24) is 0 Å². The van der Waals surface area contributed by atoms with Gasteiger partial charge in [0.15, 0.2) is 0 Å². The molecule has 0 saturated carbocycles. The van der Waals surface area contributed by atoms with Crippen LogP contribution in [0, 0.1) is 27.7 Å². The molecule has 1 aromatic heterocycles. The molecule has 20 heavy (non-hydrogen) atoms. The van der Waals surface area contributed by atoms with Crippen LogP contribution in [0.1, 0.15) is 40.1 Å². The van der Waals surface area contributed by atoms with E-state index in [4.69, 9.17) is 0 Å². The third-order valence-corrected chi connectivity index (χ3v) is 4.64. The number of aryl methyl sites for hydroxylation is 4. The predicted octanol–water partition coefficient (Wildman–Crippen LogP) is 4.30. The van der Waals surface area contributed by atoms with E-state index in [2.05, 4.69) is 45.9 Å². The first-order valence-corrected chi connectivity index (χ1v) is 7.73. The molecule has 3 heteroatoms. The highest BCUT2D eigenvalue weighted by Crippen LogP contribution is 2.35. The second-order valence-corrected chi connectivity index (χ2v) is 6.81. The Bertz CT molecular complexity index is 637. The fourth-order valence-corrected chi connectivity index (χ4v) is 3.63. The van der Waals surface area contributed by atoms with Crippen LogP contribution in [0.5, 0.6) is 0 Å². The van der Waals surface area contributed by atoms with Crippen molar-refractivity contribution in [3.8, 4) is 0 Å². The van der Waals surface area contributed by atoms with Crippen LogP contribution in [0.15, 0.2) is 35.4 Å². The number of aromatic nitrogens is 1. The van der Waals surface area contributed by atoms with Gasteiger partial charge in [0.2, 0.25) is 5.69 Å². The summed E-state index contributed by atoms with van der Waals surface area (Å²) in [5, 5.41) is 11.3. The Hall–Kier alpha value is -1.48. The van der Waals surface area contributed by atoms with E-state index in [1.807, 2.05) is 19.1 Å². The molecule has 1 aromatic carbocycles. The van der Waals surface area contributed by atoms with Crippen molar-refractivity contribution in [2.45, 2.75) is 44.9 Å². The zero-order valence-corrected chi connectivity index (χ0v) is 13.6. The van der Waals surface area contributed by atoms with Gasteiger partial charge in [-0.3, -0.25) is 5.21 Å². The molecule has 2 nitrogen and oxygen atoms in total. The summed E-state index contributed by atoms with van der Waals surface area (Å²) in [5.41, 5.74) is 5.93. The molecule has 0 amide bonds. The van der Waals surface area contributed by atoms with Gasteiger partial charge in [0.05, 0.1) is 0 Å². The Labute approximate surface area is 125 Å². The molecule has 0 spiro atoms. The number of rotatable bonds is 3. The van der Waals surface area contributed by atoms with E-state index >= 15 is 0 Å². The van der Waals surface area contributed by atoms with Gasteiger partial charge in [0.1, 0.15) is 0 Å². The normalized spacial score (nSPS) is 12.4. The van der Waals surface area contributed by atoms with Gasteiger partial charge in [0.25, 0.3) is 5.03 Å². The second kappa shape index (κ2) is 5.88. The highest BCUT2D eigenvalue weighted by atomic mass is 32.2. The van der Waals surface area contributed by atoms with Crippen molar-refractivity contribution in [2.75, 3.05) is 0 Å². The minimum Gasteiger partial charge on any atom is -0.284 e. The van der Waals surface area contributed by atoms with E-state index in [1.54, 1.807) is 11.8 Å². The van der Waals surface area contributed by atoms with Crippen LogP contribution in [0.4, 0.5) is 0 Å². The molecule has 1 heterocycles. The molecule has 2 rings (SSSR count). The van der Waals surface area contributed by atoms with Gasteiger partial charge in [-0.25, -0.2) is 0 Å². The molecule has 1 atom stereocenters. The lowest BCUT2D eigenvalue weighted by Crippen LogP contribution is -2.36. The van der Waals surface area contributed by atoms with Crippen LogP contribution in [0.3, 0.4) is 0 Å². The largest absolute Gasteiger partial charge is 0.292 e. The summed E-state index contributed by atoms with van der Waals surface area (Å²) in [6, 6.07) is 10.5. The van der Waals surface area contributed by atoms with Gasteiger partial charge >= 0.3 is 0 Å². The zero-order chi connectivity index (χ0) is 14.9. The molecule has 0 radical (unpaired) electrons. The number of thioether (sulfide) groups is 1. The maximum absolute atomic E-state index is 10.1. The van der Waals surface area contributed by atoms with E-state index in [-0.39, 0.29) is 0 Å². The number of hydrogen-bond donors (Lipinski definition) is 1. The average Bonchev–Trinajstić information content (AvgIpc) is 2.38. The Morgan fingerprint density at radius 3 is 2.40 bits per heavy atom. The van der Waals surface area contributed by atoms with Crippen molar-refractivity contribution in [1.29, 1.82) is 0 Å². The van der Waals surface area contributed by atoms with E-state index in [1.165, 1.54) is 27.0 Å². The van der Waals surface area contributed by atoms with E-state index in [0.29, 0.717) is 5.25 Å². The molecular formula is C17H22NOS+. The summed E-state index contributed by atoms with van der Waals surface area (Å²) < 4.78 is 1.28. The van der Waals surface area contributed by atoms with Crippen molar-refractivity contribution in [3.63, 3.8) is 0 Å². The van der Waals surface area contributed by atoms with Crippen molar-refractivity contribution in [3.05, 3.63) is 58.3 Å². The molecule has 0 aliphatic carbocycles. The third-order valence-electron chi connectivity index (χ3n) is 3.50. The van der Waals surface area contributed by atoms with E-state index in [0.717, 1.165) is 10.7 Å². The molecular weight excluding hydrogens is 266 g/mol. The summed E-state index contributed by atoms with van der Waals surface area (Å²) in [6.07, 6.45) is 0. The number of pyridine rings is 1. The molecule has 2 aromatic rings. The zero-order valence-electron chi connectivity index (χ0n) is 12.8. The fourth-order valence-electron chi connectivity index (χ4n) is 2.39. The number of nitrogens with zero attached hydrogens (tertiary/aromatic N) is 1. The monoisotopic (exact) mass is 288 g/mol. The first-order chi connectivity index (χ1) is 9.38. The second-order valence-electron chi connectivity index (χ2n) is 5.44. The SMILES string of the molecule is Cc1ccc(C)c(C(C)Sc2cc(C)cc(C)[n+]2O)c1. The maximum Gasteiger partial charge on any atom is 0.292 e. The van der Waals surface area contributed by atoms with Crippen LogP contribution >= 0.6 is 11.8 Å². The lowest BCUT2D eigenvalue weighted by atomic mass is 10.0. The van der Waals surface area contributed by atoms with E-state index < -0.39 is 0 Å². The summed E-state index contributed by atoms with van der Waals surface area (Å²) >= 11 is 1.69. The lowest BCUT2D eigenvalue weighted by molar-refractivity contribution is -0.936. The van der Waals surface area contributed by atoms with Gasteiger partial charge in [-0.05, 0) is 56.1 Å². The topological polar surface area (TPSA) is 24.1 Å². The Kier molecular flexibility index (Phi) is 4.39. The fraction of sp³-hybridized carbons (Fsp3) is 0.353. The highest BCUT2D eigenvalue weighted by molar-refractivity contribution is 7.99. The predicted molar refractivity (Wildman–Crippen MR) is 83.5 cm³/mol. The van der Waals surface area contributed by atoms with Gasteiger partial charge < -0.3 is 0 Å². The minimum atomic E-state index is 0.300. The first kappa shape index (κ1) is 14.9. The van der Waals surface area contributed by atoms with Crippen LogP contribution in [0.25, 0.3) is 0 Å². The van der Waals surface area contributed by atoms with Crippen molar-refractivity contribution >= 4 is 11.8 Å². The highest BCUT2D eigenvalue weighted by Gasteiger charge is 2.20. The van der Waals surface area contributed by atoms with Crippen molar-refractivity contribution in [2.24, 2.45) is 0 Å². The lowest BCUT2D eigenvalue weighted by Gasteiger charge is -2.13. The van der Waals surface area contributed by atoms with Crippen molar-refractivity contribution < 1.29 is 9.94 Å². The summed E-state index contributed by atoms with van der Waals surface area (Å²) in [7, 11) is 0. The van der Waals surface area contributed by atoms with Crippen LogP contribution in [-0.4, -0.2) is 5.21 Å². The van der Waals surface area contributed by atoms with Crippen LogP contribution < -0.4 is 4.73 Å². The summed E-state index contributed by atoms with van der Waals surface area (Å²) in [4.78, 5) is 0. The first-order valence-electron chi connectivity index (χ1n) is 6.85. The third kappa shape index (κ3) is 3.15. The summed E-state index contributed by atoms with van der Waals surface area (Å²) in [6.45, 7) is 10.4. The van der Waals surface area contributed by atoms with Gasteiger partial charge in [-0.1, -0.05) is 23.8 Å². The molecule has 0 saturated heterocycles. The smallest absolute Gasteiger partial charge is 0.284 e. The Balaban J connectivity index is 2.32. The standard InChI is InChI=1S/C17H22NOS/c1-11-6-7-13(3)16(9-11)15(5)20-17-10-12(2)8-14(4)18(17)19/h6-10,15,19H,1-5H3/q+1. The van der Waals surface area contributed by atoms with E-state index in [9.17, 15) is 5.21 Å². The Morgan fingerprint density at radius 2 is 1.70 bits per heavy atom. The molecule has 1 N–H and O–H groups in total. The molecule has 0 aliphatic rings. The van der Waals surface area contributed by atoms with Crippen LogP contribution in [-0.2, 0) is 0 Å². The van der Waals surface area contributed by atoms with Crippen LogP contribution in [0.2, 0.25) is 0 Å². The summed E-state index contributed by atoms with van der Waals surface area (Å²) in [5.74, 6) is 0. The average molecular weight is 288 g/mol. The molecule has 0 aliphatic heterocycles. The molecule has 0 bridgehead atoms. The van der Waals surface area contributed by atoms with Gasteiger partial charge in [-0.15, -0.1) is 0 Å². The van der Waals surface area contributed by atoms with Gasteiger partial charge in [-0.2, -0.15) is 0 Å². The van der Waals surface area contributed by atoms with Gasteiger partial charge in [0, 0.05) is 29.0 Å². The molecule has 1 unspecified atom stereocenters. The number of benzene rings is 1.